The zero-order chi connectivity index (χ0) is 24.1. The zero-order valence-corrected chi connectivity index (χ0v) is 19.8. The van der Waals surface area contributed by atoms with Crippen molar-refractivity contribution in [2.24, 2.45) is 0 Å². The molecule has 1 aliphatic heterocycles. The van der Waals surface area contributed by atoms with Crippen molar-refractivity contribution in [2.45, 2.75) is 13.5 Å². The summed E-state index contributed by atoms with van der Waals surface area (Å²) >= 11 is 6.67. The summed E-state index contributed by atoms with van der Waals surface area (Å²) in [6.07, 6.45) is 1.76. The fourth-order valence-electron chi connectivity index (χ4n) is 3.39. The molecule has 0 atom stereocenters. The first kappa shape index (κ1) is 23.5. The maximum Gasteiger partial charge on any atom is 0.276 e. The Bertz CT molecular complexity index is 1280. The number of nitro benzene ring substituents is 1. The fraction of sp³-hybridized carbons (Fsp3) is 0.120. The lowest BCUT2D eigenvalue weighted by Crippen LogP contribution is -2.27. The molecule has 0 aromatic heterocycles. The highest BCUT2D eigenvalue weighted by molar-refractivity contribution is 8.27. The Morgan fingerprint density at radius 3 is 2.50 bits per heavy atom. The average molecular weight is 493 g/mol. The van der Waals surface area contributed by atoms with E-state index in [0.717, 1.165) is 11.3 Å². The normalized spacial score (nSPS) is 14.5. The average Bonchev–Trinajstić information content (AvgIpc) is 3.12. The molecule has 7 nitrogen and oxygen atoms in total. The van der Waals surface area contributed by atoms with E-state index >= 15 is 0 Å². The molecular formula is C25H20N2O5S2. The molecule has 0 saturated carbocycles. The van der Waals surface area contributed by atoms with Gasteiger partial charge in [0.25, 0.3) is 11.6 Å². The first-order valence-electron chi connectivity index (χ1n) is 10.4. The molecule has 1 saturated heterocycles. The Morgan fingerprint density at radius 1 is 1.03 bits per heavy atom. The van der Waals surface area contributed by atoms with Crippen LogP contribution >= 0.6 is 24.0 Å². The smallest absolute Gasteiger partial charge is 0.276 e. The molecule has 1 heterocycles. The van der Waals surface area contributed by atoms with E-state index in [1.807, 2.05) is 37.3 Å². The number of hydrogen-bond donors (Lipinski definition) is 0. The summed E-state index contributed by atoms with van der Waals surface area (Å²) in [5.74, 6) is 0.748. The van der Waals surface area contributed by atoms with Gasteiger partial charge in [-0.25, -0.2) is 0 Å². The summed E-state index contributed by atoms with van der Waals surface area (Å²) in [5.41, 5.74) is 1.93. The van der Waals surface area contributed by atoms with Crippen LogP contribution in [0.25, 0.3) is 6.08 Å². The van der Waals surface area contributed by atoms with Gasteiger partial charge in [0, 0.05) is 6.07 Å². The number of ether oxygens (including phenoxy) is 2. The highest BCUT2D eigenvalue weighted by Gasteiger charge is 2.33. The molecule has 3 aromatic rings. The van der Waals surface area contributed by atoms with Crippen LogP contribution < -0.4 is 14.4 Å². The molecule has 4 rings (SSSR count). The Morgan fingerprint density at radius 2 is 1.76 bits per heavy atom. The van der Waals surface area contributed by atoms with Gasteiger partial charge in [-0.15, -0.1) is 0 Å². The lowest BCUT2D eigenvalue weighted by Gasteiger charge is -2.14. The van der Waals surface area contributed by atoms with E-state index in [9.17, 15) is 14.9 Å². The van der Waals surface area contributed by atoms with Crippen LogP contribution in [0.5, 0.6) is 11.5 Å². The largest absolute Gasteiger partial charge is 0.490 e. The van der Waals surface area contributed by atoms with Crippen molar-refractivity contribution in [1.29, 1.82) is 0 Å². The van der Waals surface area contributed by atoms with Gasteiger partial charge in [0.15, 0.2) is 15.8 Å². The van der Waals surface area contributed by atoms with E-state index < -0.39 is 4.92 Å². The van der Waals surface area contributed by atoms with Gasteiger partial charge in [-0.3, -0.25) is 19.8 Å². The predicted octanol–water partition coefficient (Wildman–Crippen LogP) is 5.98. The lowest BCUT2D eigenvalue weighted by atomic mass is 10.1. The Hall–Kier alpha value is -3.69. The second-order valence-electron chi connectivity index (χ2n) is 7.17. The zero-order valence-electron chi connectivity index (χ0n) is 18.2. The Balaban J connectivity index is 1.56. The minimum absolute atomic E-state index is 0.00229. The molecule has 1 fully saturated rings. The number of rotatable bonds is 8. The number of thiocarbonyl (C=S) groups is 1. The van der Waals surface area contributed by atoms with Crippen molar-refractivity contribution in [3.8, 4) is 11.5 Å². The molecule has 0 spiro atoms. The minimum Gasteiger partial charge on any atom is -0.490 e. The quantitative estimate of drug-likeness (QED) is 0.166. The van der Waals surface area contributed by atoms with Gasteiger partial charge in [-0.2, -0.15) is 0 Å². The molecule has 34 heavy (non-hydrogen) atoms. The molecule has 1 aliphatic rings. The van der Waals surface area contributed by atoms with E-state index in [0.29, 0.717) is 32.9 Å². The van der Waals surface area contributed by atoms with Gasteiger partial charge in [0.2, 0.25) is 0 Å². The Kier molecular flexibility index (Phi) is 7.24. The summed E-state index contributed by atoms with van der Waals surface area (Å²) < 4.78 is 12.1. The van der Waals surface area contributed by atoms with Crippen molar-refractivity contribution in [1.82, 2.24) is 0 Å². The molecule has 0 aliphatic carbocycles. The van der Waals surface area contributed by atoms with Crippen LogP contribution in [0.15, 0.2) is 77.7 Å². The number of nitro groups is 1. The number of benzene rings is 3. The predicted molar refractivity (Wildman–Crippen MR) is 137 cm³/mol. The molecule has 1 amide bonds. The minimum atomic E-state index is -0.434. The third kappa shape index (κ3) is 5.11. The number of carbonyl (C=O) groups is 1. The van der Waals surface area contributed by atoms with E-state index in [-0.39, 0.29) is 18.2 Å². The number of amides is 1. The second kappa shape index (κ2) is 10.5. The van der Waals surface area contributed by atoms with Crippen LogP contribution in [-0.4, -0.2) is 21.8 Å². The highest BCUT2D eigenvalue weighted by Crippen LogP contribution is 2.37. The molecule has 9 heteroatoms. The van der Waals surface area contributed by atoms with Gasteiger partial charge in [-0.05, 0) is 48.9 Å². The summed E-state index contributed by atoms with van der Waals surface area (Å²) in [6.45, 7) is 2.28. The van der Waals surface area contributed by atoms with E-state index in [2.05, 4.69) is 0 Å². The number of anilines is 1. The SMILES string of the molecule is CCOc1cc(C=C2SC(=S)N(c3ccccc3)C2=O)ccc1OCc1ccccc1[N+](=O)[O-]. The van der Waals surface area contributed by atoms with Crippen LogP contribution in [-0.2, 0) is 11.4 Å². The molecule has 172 valence electrons. The number of carbonyl (C=O) groups excluding carboxylic acids is 1. The van der Waals surface area contributed by atoms with Crippen molar-refractivity contribution in [3.63, 3.8) is 0 Å². The molecule has 0 unspecified atom stereocenters. The van der Waals surface area contributed by atoms with Crippen molar-refractivity contribution >= 4 is 51.7 Å². The number of thioether (sulfide) groups is 1. The maximum absolute atomic E-state index is 13.0. The number of hydrogen-bond acceptors (Lipinski definition) is 7. The van der Waals surface area contributed by atoms with Gasteiger partial charge in [0.1, 0.15) is 6.61 Å². The summed E-state index contributed by atoms with van der Waals surface area (Å²) in [7, 11) is 0. The van der Waals surface area contributed by atoms with Crippen LogP contribution in [0.2, 0.25) is 0 Å². The van der Waals surface area contributed by atoms with Crippen molar-refractivity contribution in [2.75, 3.05) is 11.5 Å². The summed E-state index contributed by atoms with van der Waals surface area (Å²) in [6, 6.07) is 21.0. The fourth-order valence-corrected chi connectivity index (χ4v) is 4.69. The molecule has 0 radical (unpaired) electrons. The van der Waals surface area contributed by atoms with E-state index in [1.165, 1.54) is 22.7 Å². The number of para-hydroxylation sites is 2. The molecule has 0 N–H and O–H groups in total. The third-order valence-electron chi connectivity index (χ3n) is 4.94. The first-order valence-corrected chi connectivity index (χ1v) is 11.7. The van der Waals surface area contributed by atoms with Crippen LogP contribution in [0.3, 0.4) is 0 Å². The van der Waals surface area contributed by atoms with Crippen LogP contribution in [0.1, 0.15) is 18.1 Å². The van der Waals surface area contributed by atoms with Gasteiger partial charge in [0.05, 0.1) is 27.7 Å². The highest BCUT2D eigenvalue weighted by atomic mass is 32.2. The third-order valence-corrected chi connectivity index (χ3v) is 6.25. The monoisotopic (exact) mass is 492 g/mol. The molecule has 3 aromatic carbocycles. The van der Waals surface area contributed by atoms with Crippen LogP contribution in [0.4, 0.5) is 11.4 Å². The van der Waals surface area contributed by atoms with Crippen molar-refractivity contribution in [3.05, 3.63) is 98.9 Å². The van der Waals surface area contributed by atoms with Gasteiger partial charge >= 0.3 is 0 Å². The van der Waals surface area contributed by atoms with Crippen molar-refractivity contribution < 1.29 is 19.2 Å². The molecule has 0 bridgehead atoms. The summed E-state index contributed by atoms with van der Waals surface area (Å²) in [4.78, 5) is 25.8. The van der Waals surface area contributed by atoms with Crippen LogP contribution in [0, 0.1) is 10.1 Å². The Labute approximate surface area is 206 Å². The first-order chi connectivity index (χ1) is 16.5. The topological polar surface area (TPSA) is 81.9 Å². The van der Waals surface area contributed by atoms with Gasteiger partial charge in [-0.1, -0.05) is 60.4 Å². The summed E-state index contributed by atoms with van der Waals surface area (Å²) in [5, 5.41) is 11.3. The van der Waals surface area contributed by atoms with E-state index in [1.54, 1.807) is 42.5 Å². The second-order valence-corrected chi connectivity index (χ2v) is 8.84. The van der Waals surface area contributed by atoms with E-state index in [4.69, 9.17) is 21.7 Å². The standard InChI is InChI=1S/C25H20N2O5S2/c1-2-31-22-14-17(12-13-21(22)32-16-18-8-6-7-11-20(18)27(29)30)15-23-24(28)26(25(33)34-23)19-9-4-3-5-10-19/h3-15H,2,16H2,1H3. The van der Waals surface area contributed by atoms with Gasteiger partial charge < -0.3 is 9.47 Å². The number of nitrogens with zero attached hydrogens (tertiary/aromatic N) is 2. The lowest BCUT2D eigenvalue weighted by molar-refractivity contribution is -0.385. The maximum atomic E-state index is 13.0. The molecular weight excluding hydrogens is 472 g/mol.